The summed E-state index contributed by atoms with van der Waals surface area (Å²) in [5.74, 6) is -0.845. The van der Waals surface area contributed by atoms with Crippen molar-refractivity contribution in [2.45, 2.75) is 19.4 Å². The predicted octanol–water partition coefficient (Wildman–Crippen LogP) is 4.22. The number of rotatable bonds is 5. The number of ether oxygens (including phenoxy) is 1. The fraction of sp³-hybridized carbons (Fsp3) is 0.176. The molecule has 2 rings (SSSR count). The highest BCUT2D eigenvalue weighted by Gasteiger charge is 2.18. The molecule has 1 N–H and O–H groups in total. The first-order valence-electron chi connectivity index (χ1n) is 6.94. The second kappa shape index (κ2) is 8.13. The van der Waals surface area contributed by atoms with Crippen molar-refractivity contribution in [3.8, 4) is 0 Å². The van der Waals surface area contributed by atoms with Gasteiger partial charge in [0.2, 0.25) is 0 Å². The Hall–Kier alpha value is -1.85. The van der Waals surface area contributed by atoms with E-state index in [1.165, 1.54) is 6.92 Å². The highest BCUT2D eigenvalue weighted by atomic mass is 79.9. The third-order valence-electron chi connectivity index (χ3n) is 3.05. The summed E-state index contributed by atoms with van der Waals surface area (Å²) in [6.07, 6.45) is -0.786. The van der Waals surface area contributed by atoms with Crippen LogP contribution in [0.5, 0.6) is 0 Å². The van der Waals surface area contributed by atoms with Crippen molar-refractivity contribution in [3.05, 3.63) is 63.6 Å². The second-order valence-electron chi connectivity index (χ2n) is 4.93. The quantitative estimate of drug-likeness (QED) is 0.770. The van der Waals surface area contributed by atoms with E-state index >= 15 is 0 Å². The summed E-state index contributed by atoms with van der Waals surface area (Å²) in [5.41, 5.74) is 1.42. The fourth-order valence-corrected chi connectivity index (χ4v) is 2.23. The Morgan fingerprint density at radius 2 is 1.74 bits per heavy atom. The Morgan fingerprint density at radius 3 is 2.35 bits per heavy atom. The minimum atomic E-state index is -0.876. The van der Waals surface area contributed by atoms with Gasteiger partial charge in [-0.2, -0.15) is 0 Å². The van der Waals surface area contributed by atoms with Crippen molar-refractivity contribution >= 4 is 45.1 Å². The zero-order valence-corrected chi connectivity index (χ0v) is 14.7. The molecule has 0 heterocycles. The van der Waals surface area contributed by atoms with Crippen LogP contribution in [-0.2, 0) is 20.7 Å². The molecule has 0 fully saturated rings. The second-order valence-corrected chi connectivity index (χ2v) is 6.28. The minimum absolute atomic E-state index is 0.0903. The van der Waals surface area contributed by atoms with E-state index in [1.807, 2.05) is 12.1 Å². The molecule has 1 atom stereocenters. The topological polar surface area (TPSA) is 55.4 Å². The van der Waals surface area contributed by atoms with Gasteiger partial charge in [-0.3, -0.25) is 9.59 Å². The number of esters is 1. The Bertz CT molecular complexity index is 686. The van der Waals surface area contributed by atoms with E-state index in [-0.39, 0.29) is 12.3 Å². The van der Waals surface area contributed by atoms with Gasteiger partial charge in [-0.15, -0.1) is 0 Å². The zero-order valence-electron chi connectivity index (χ0n) is 12.4. The average molecular weight is 397 g/mol. The number of amides is 1. The number of hydrogen-bond donors (Lipinski definition) is 1. The molecule has 0 saturated carbocycles. The van der Waals surface area contributed by atoms with Crippen LogP contribution in [0, 0.1) is 0 Å². The molecule has 0 aliphatic heterocycles. The van der Waals surface area contributed by atoms with Crippen molar-refractivity contribution in [1.29, 1.82) is 0 Å². The van der Waals surface area contributed by atoms with Gasteiger partial charge in [-0.25, -0.2) is 0 Å². The van der Waals surface area contributed by atoms with Crippen LogP contribution < -0.4 is 5.32 Å². The lowest BCUT2D eigenvalue weighted by molar-refractivity contribution is -0.152. The zero-order chi connectivity index (χ0) is 16.8. The maximum Gasteiger partial charge on any atom is 0.311 e. The van der Waals surface area contributed by atoms with E-state index in [4.69, 9.17) is 16.3 Å². The molecule has 0 spiro atoms. The van der Waals surface area contributed by atoms with E-state index in [9.17, 15) is 9.59 Å². The number of benzene rings is 2. The molecule has 2 aromatic rings. The van der Waals surface area contributed by atoms with E-state index in [0.717, 1.165) is 10.0 Å². The van der Waals surface area contributed by atoms with Crippen LogP contribution in [0.3, 0.4) is 0 Å². The molecule has 2 aromatic carbocycles. The molecule has 0 bridgehead atoms. The van der Waals surface area contributed by atoms with Crippen LogP contribution in [0.4, 0.5) is 5.69 Å². The maximum absolute atomic E-state index is 12.0. The first-order valence-corrected chi connectivity index (χ1v) is 8.11. The van der Waals surface area contributed by atoms with E-state index in [1.54, 1.807) is 36.4 Å². The first-order chi connectivity index (χ1) is 10.9. The van der Waals surface area contributed by atoms with Crippen LogP contribution in [0.25, 0.3) is 0 Å². The highest BCUT2D eigenvalue weighted by molar-refractivity contribution is 9.10. The monoisotopic (exact) mass is 395 g/mol. The van der Waals surface area contributed by atoms with Gasteiger partial charge in [0.05, 0.1) is 6.42 Å². The van der Waals surface area contributed by atoms with Gasteiger partial charge in [0.15, 0.2) is 6.10 Å². The van der Waals surface area contributed by atoms with Crippen LogP contribution in [0.2, 0.25) is 5.02 Å². The Balaban J connectivity index is 1.86. The van der Waals surface area contributed by atoms with E-state index in [0.29, 0.717) is 10.7 Å². The van der Waals surface area contributed by atoms with Crippen molar-refractivity contribution in [3.63, 3.8) is 0 Å². The fourth-order valence-electron chi connectivity index (χ4n) is 1.84. The summed E-state index contributed by atoms with van der Waals surface area (Å²) in [4.78, 5) is 23.9. The number of halogens is 2. The molecule has 0 radical (unpaired) electrons. The van der Waals surface area contributed by atoms with Gasteiger partial charge >= 0.3 is 5.97 Å². The molecule has 23 heavy (non-hydrogen) atoms. The van der Waals surface area contributed by atoms with Crippen molar-refractivity contribution < 1.29 is 14.3 Å². The molecule has 0 aromatic heterocycles. The van der Waals surface area contributed by atoms with Crippen LogP contribution in [0.1, 0.15) is 12.5 Å². The number of hydrogen-bond acceptors (Lipinski definition) is 3. The van der Waals surface area contributed by atoms with Crippen LogP contribution >= 0.6 is 27.5 Å². The molecule has 0 aliphatic rings. The van der Waals surface area contributed by atoms with Crippen molar-refractivity contribution in [2.75, 3.05) is 5.32 Å². The average Bonchev–Trinajstić information content (AvgIpc) is 2.51. The van der Waals surface area contributed by atoms with E-state index in [2.05, 4.69) is 21.2 Å². The summed E-state index contributed by atoms with van der Waals surface area (Å²) < 4.78 is 6.06. The van der Waals surface area contributed by atoms with Gasteiger partial charge in [0.25, 0.3) is 5.91 Å². The predicted molar refractivity (Wildman–Crippen MR) is 93.5 cm³/mol. The summed E-state index contributed by atoms with van der Waals surface area (Å²) >= 11 is 9.11. The lowest BCUT2D eigenvalue weighted by Gasteiger charge is -2.13. The molecule has 0 unspecified atom stereocenters. The summed E-state index contributed by atoms with van der Waals surface area (Å²) in [6, 6.07) is 14.0. The number of nitrogens with one attached hydrogen (secondary N) is 1. The standard InChI is InChI=1S/C17H15BrClNO3/c1-11(17(22)20-15-8-4-13(18)5-9-15)23-16(21)10-12-2-6-14(19)7-3-12/h2-9,11H,10H2,1H3,(H,20,22)/t11-/m0/s1. The van der Waals surface area contributed by atoms with Gasteiger partial charge in [-0.1, -0.05) is 39.7 Å². The van der Waals surface area contributed by atoms with Gasteiger partial charge < -0.3 is 10.1 Å². The molecule has 6 heteroatoms. The molecular formula is C17H15BrClNO3. The lowest BCUT2D eigenvalue weighted by atomic mass is 10.1. The van der Waals surface area contributed by atoms with Crippen LogP contribution in [-0.4, -0.2) is 18.0 Å². The Morgan fingerprint density at radius 1 is 1.13 bits per heavy atom. The third kappa shape index (κ3) is 5.69. The Labute approximate surface area is 147 Å². The number of carbonyl (C=O) groups is 2. The smallest absolute Gasteiger partial charge is 0.311 e. The number of anilines is 1. The normalized spacial score (nSPS) is 11.6. The van der Waals surface area contributed by atoms with Gasteiger partial charge in [0, 0.05) is 15.2 Å². The lowest BCUT2D eigenvalue weighted by Crippen LogP contribution is -2.30. The SMILES string of the molecule is C[C@H](OC(=O)Cc1ccc(Cl)cc1)C(=O)Nc1ccc(Br)cc1. The minimum Gasteiger partial charge on any atom is -0.452 e. The molecule has 0 saturated heterocycles. The largest absolute Gasteiger partial charge is 0.452 e. The van der Waals surface area contributed by atoms with E-state index < -0.39 is 12.1 Å². The summed E-state index contributed by atoms with van der Waals surface area (Å²) in [7, 11) is 0. The maximum atomic E-state index is 12.0. The van der Waals surface area contributed by atoms with Crippen LogP contribution in [0.15, 0.2) is 53.0 Å². The van der Waals surface area contributed by atoms with Gasteiger partial charge in [0.1, 0.15) is 0 Å². The molecule has 0 aliphatic carbocycles. The van der Waals surface area contributed by atoms with Crippen molar-refractivity contribution in [1.82, 2.24) is 0 Å². The van der Waals surface area contributed by atoms with Gasteiger partial charge in [-0.05, 0) is 48.9 Å². The molecule has 120 valence electrons. The Kier molecular flexibility index (Phi) is 6.19. The van der Waals surface area contributed by atoms with Crippen molar-refractivity contribution in [2.24, 2.45) is 0 Å². The summed E-state index contributed by atoms with van der Waals surface area (Å²) in [6.45, 7) is 1.54. The molecular weight excluding hydrogens is 382 g/mol. The molecule has 1 amide bonds. The highest BCUT2D eigenvalue weighted by Crippen LogP contribution is 2.15. The molecule has 4 nitrogen and oxygen atoms in total. The third-order valence-corrected chi connectivity index (χ3v) is 3.83. The number of carbonyl (C=O) groups excluding carboxylic acids is 2. The summed E-state index contributed by atoms with van der Waals surface area (Å²) in [5, 5.41) is 3.29. The first kappa shape index (κ1) is 17.5.